The van der Waals surface area contributed by atoms with Crippen molar-refractivity contribution < 1.29 is 0 Å². The van der Waals surface area contributed by atoms with Crippen LogP contribution in [-0.2, 0) is 0 Å². The van der Waals surface area contributed by atoms with Crippen molar-refractivity contribution in [2.75, 3.05) is 42.2 Å². The minimum absolute atomic E-state index is 0.240. The summed E-state index contributed by atoms with van der Waals surface area (Å²) in [5, 5.41) is 1.18. The number of para-hydroxylation sites is 1. The van der Waals surface area contributed by atoms with Crippen LogP contribution in [-0.4, -0.2) is 53.4 Å². The van der Waals surface area contributed by atoms with E-state index in [1.807, 2.05) is 12.1 Å². The van der Waals surface area contributed by atoms with Crippen molar-refractivity contribution in [1.29, 1.82) is 0 Å². The summed E-state index contributed by atoms with van der Waals surface area (Å²) in [5.41, 5.74) is 8.21. The van der Waals surface area contributed by atoms with Crippen LogP contribution < -0.4 is 15.5 Å². The molecule has 0 aliphatic carbocycles. The fourth-order valence-electron chi connectivity index (χ4n) is 3.92. The van der Waals surface area contributed by atoms with Gasteiger partial charge in [-0.1, -0.05) is 18.2 Å². The maximum absolute atomic E-state index is 6.07. The predicted molar refractivity (Wildman–Crippen MR) is 118 cm³/mol. The lowest BCUT2D eigenvalue weighted by atomic mass is 9.95. The van der Waals surface area contributed by atoms with Crippen molar-refractivity contribution in [2.24, 2.45) is 5.73 Å². The van der Waals surface area contributed by atoms with Gasteiger partial charge in [-0.25, -0.2) is 9.97 Å². The van der Waals surface area contributed by atoms with Crippen LogP contribution in [0.3, 0.4) is 0 Å². The normalized spacial score (nSPS) is 19.3. The molecule has 7 heteroatoms. The van der Waals surface area contributed by atoms with Gasteiger partial charge in [0.1, 0.15) is 5.82 Å². The molecule has 2 aliphatic rings. The zero-order valence-corrected chi connectivity index (χ0v) is 17.0. The standard InChI is InChI=1S/C20H22N6.CH4S/c21-16-7-10-25(13-16)20-19(22-8-9-23-20)15-11-26(12-15)18-6-5-14-3-1-2-4-17(14)24-18;1-2/h1-6,8-9,15-16H,7,10-13,21H2;2H,1H3. The van der Waals surface area contributed by atoms with Crippen molar-refractivity contribution in [3.63, 3.8) is 0 Å². The quantitative estimate of drug-likeness (QED) is 0.666. The van der Waals surface area contributed by atoms with Crippen LogP contribution in [0.5, 0.6) is 0 Å². The van der Waals surface area contributed by atoms with Crippen LogP contribution in [0.15, 0.2) is 48.8 Å². The molecule has 2 fully saturated rings. The number of hydrogen-bond donors (Lipinski definition) is 2. The third kappa shape index (κ3) is 3.64. The highest BCUT2D eigenvalue weighted by Gasteiger charge is 2.34. The maximum Gasteiger partial charge on any atom is 0.150 e. The second-order valence-corrected chi connectivity index (χ2v) is 7.22. The molecular formula is C21H26N6S. The lowest BCUT2D eigenvalue weighted by molar-refractivity contribution is 0.507. The average molecular weight is 395 g/mol. The Hall–Kier alpha value is -2.38. The topological polar surface area (TPSA) is 71.2 Å². The number of benzene rings is 1. The first-order valence-corrected chi connectivity index (χ1v) is 10.5. The lowest BCUT2D eigenvalue weighted by Gasteiger charge is -2.40. The summed E-state index contributed by atoms with van der Waals surface area (Å²) in [4.78, 5) is 18.7. The number of anilines is 2. The highest BCUT2D eigenvalue weighted by atomic mass is 32.1. The first-order valence-electron chi connectivity index (χ1n) is 9.65. The molecule has 3 aromatic rings. The Kier molecular flexibility index (Phi) is 5.64. The number of nitrogens with two attached hydrogens (primary N) is 1. The maximum atomic E-state index is 6.07. The van der Waals surface area contributed by atoms with E-state index in [0.29, 0.717) is 5.92 Å². The third-order valence-corrected chi connectivity index (χ3v) is 5.41. The number of pyridine rings is 1. The third-order valence-electron chi connectivity index (χ3n) is 5.41. The number of fused-ring (bicyclic) bond motifs is 1. The molecule has 2 aromatic heterocycles. The van der Waals surface area contributed by atoms with Gasteiger partial charge in [-0.05, 0) is 30.9 Å². The molecule has 5 rings (SSSR count). The first-order chi connectivity index (χ1) is 13.8. The Morgan fingerprint density at radius 2 is 1.75 bits per heavy atom. The Balaban J connectivity index is 0.000000932. The number of nitrogens with zero attached hydrogens (tertiary/aromatic N) is 5. The van der Waals surface area contributed by atoms with Gasteiger partial charge in [0.2, 0.25) is 0 Å². The molecule has 0 bridgehead atoms. The van der Waals surface area contributed by atoms with Crippen molar-refractivity contribution in [1.82, 2.24) is 15.0 Å². The molecule has 1 aromatic carbocycles. The van der Waals surface area contributed by atoms with E-state index in [-0.39, 0.29) is 6.04 Å². The molecule has 6 nitrogen and oxygen atoms in total. The molecule has 1 unspecified atom stereocenters. The summed E-state index contributed by atoms with van der Waals surface area (Å²) in [6.45, 7) is 3.69. The summed E-state index contributed by atoms with van der Waals surface area (Å²) < 4.78 is 0. The number of rotatable bonds is 3. The fourth-order valence-corrected chi connectivity index (χ4v) is 3.92. The van der Waals surface area contributed by atoms with E-state index in [0.717, 1.165) is 55.4 Å². The van der Waals surface area contributed by atoms with E-state index in [9.17, 15) is 0 Å². The van der Waals surface area contributed by atoms with Crippen LogP contribution in [0, 0.1) is 0 Å². The molecule has 28 heavy (non-hydrogen) atoms. The van der Waals surface area contributed by atoms with E-state index < -0.39 is 0 Å². The minimum atomic E-state index is 0.240. The average Bonchev–Trinajstić information content (AvgIpc) is 3.15. The molecule has 0 saturated carbocycles. The Bertz CT molecular complexity index is 943. The fraction of sp³-hybridized carbons (Fsp3) is 0.381. The van der Waals surface area contributed by atoms with Gasteiger partial charge in [-0.15, -0.1) is 0 Å². The molecule has 4 heterocycles. The van der Waals surface area contributed by atoms with Gasteiger partial charge < -0.3 is 15.5 Å². The summed E-state index contributed by atoms with van der Waals surface area (Å²) in [6.07, 6.45) is 6.30. The molecule has 2 N–H and O–H groups in total. The minimum Gasteiger partial charge on any atom is -0.355 e. The summed E-state index contributed by atoms with van der Waals surface area (Å²) in [6, 6.07) is 12.7. The van der Waals surface area contributed by atoms with Crippen LogP contribution in [0.4, 0.5) is 11.6 Å². The highest BCUT2D eigenvalue weighted by Crippen LogP contribution is 2.34. The molecule has 0 radical (unpaired) electrons. The monoisotopic (exact) mass is 394 g/mol. The van der Waals surface area contributed by atoms with Gasteiger partial charge in [-0.3, -0.25) is 4.98 Å². The lowest BCUT2D eigenvalue weighted by Crippen LogP contribution is -2.46. The van der Waals surface area contributed by atoms with Crippen molar-refractivity contribution in [2.45, 2.75) is 18.4 Å². The van der Waals surface area contributed by atoms with Crippen LogP contribution in [0.1, 0.15) is 18.0 Å². The second-order valence-electron chi connectivity index (χ2n) is 7.22. The zero-order valence-electron chi connectivity index (χ0n) is 16.1. The van der Waals surface area contributed by atoms with Crippen molar-refractivity contribution in [3.8, 4) is 0 Å². The van der Waals surface area contributed by atoms with Crippen LogP contribution in [0.25, 0.3) is 10.9 Å². The van der Waals surface area contributed by atoms with Gasteiger partial charge >= 0.3 is 0 Å². The van der Waals surface area contributed by atoms with E-state index >= 15 is 0 Å². The number of thiol groups is 1. The Labute approximate surface area is 171 Å². The van der Waals surface area contributed by atoms with Gasteiger partial charge in [0.15, 0.2) is 5.82 Å². The number of aromatic nitrogens is 3. The van der Waals surface area contributed by atoms with E-state index in [4.69, 9.17) is 10.7 Å². The summed E-state index contributed by atoms with van der Waals surface area (Å²) >= 11 is 3.53. The van der Waals surface area contributed by atoms with Gasteiger partial charge in [0.05, 0.1) is 11.2 Å². The number of hydrogen-bond acceptors (Lipinski definition) is 7. The predicted octanol–water partition coefficient (Wildman–Crippen LogP) is 2.71. The SMILES string of the molecule is CS.NC1CCN(c2nccnc2C2CN(c3ccc4ccccc4n3)C2)C1. The molecule has 2 aliphatic heterocycles. The summed E-state index contributed by atoms with van der Waals surface area (Å²) in [7, 11) is 0. The highest BCUT2D eigenvalue weighted by molar-refractivity contribution is 7.79. The van der Waals surface area contributed by atoms with Gasteiger partial charge in [0, 0.05) is 55.9 Å². The largest absolute Gasteiger partial charge is 0.355 e. The van der Waals surface area contributed by atoms with E-state index in [2.05, 4.69) is 56.7 Å². The van der Waals surface area contributed by atoms with Crippen LogP contribution >= 0.6 is 12.6 Å². The Morgan fingerprint density at radius 3 is 2.54 bits per heavy atom. The van der Waals surface area contributed by atoms with E-state index in [1.54, 1.807) is 18.6 Å². The van der Waals surface area contributed by atoms with Gasteiger partial charge in [0.25, 0.3) is 0 Å². The molecule has 0 amide bonds. The molecule has 0 spiro atoms. The molecule has 2 saturated heterocycles. The summed E-state index contributed by atoms with van der Waals surface area (Å²) in [5.74, 6) is 2.44. The van der Waals surface area contributed by atoms with E-state index in [1.165, 1.54) is 5.39 Å². The smallest absolute Gasteiger partial charge is 0.150 e. The molecule has 146 valence electrons. The van der Waals surface area contributed by atoms with Crippen molar-refractivity contribution in [3.05, 3.63) is 54.5 Å². The first kappa shape index (κ1) is 19.0. The van der Waals surface area contributed by atoms with Gasteiger partial charge in [-0.2, -0.15) is 12.6 Å². The van der Waals surface area contributed by atoms with Crippen LogP contribution in [0.2, 0.25) is 0 Å². The zero-order chi connectivity index (χ0) is 19.5. The second kappa shape index (κ2) is 8.32. The van der Waals surface area contributed by atoms with Crippen molar-refractivity contribution >= 4 is 35.2 Å². The molecular weight excluding hydrogens is 368 g/mol. The Morgan fingerprint density at radius 1 is 0.964 bits per heavy atom. The molecule has 1 atom stereocenters.